The number of hydrogen-bond acceptors (Lipinski definition) is 4. The van der Waals surface area contributed by atoms with Gasteiger partial charge in [0.25, 0.3) is 5.91 Å². The highest BCUT2D eigenvalue weighted by atomic mass is 32.2. The maximum absolute atomic E-state index is 12.4. The molecule has 1 aliphatic heterocycles. The van der Waals surface area contributed by atoms with E-state index < -0.39 is 0 Å². The first-order chi connectivity index (χ1) is 15.0. The number of hydrogen-bond donors (Lipinski definition) is 1. The van der Waals surface area contributed by atoms with Crippen molar-refractivity contribution in [2.75, 3.05) is 0 Å². The van der Waals surface area contributed by atoms with Crippen LogP contribution >= 0.6 is 11.8 Å². The predicted octanol–water partition coefficient (Wildman–Crippen LogP) is 6.08. The number of nitrogens with one attached hydrogen (secondary N) is 1. The van der Waals surface area contributed by atoms with Crippen molar-refractivity contribution in [2.24, 2.45) is 4.99 Å². The van der Waals surface area contributed by atoms with Crippen LogP contribution < -0.4 is 10.1 Å². The van der Waals surface area contributed by atoms with Crippen LogP contribution in [-0.2, 0) is 11.4 Å². The van der Waals surface area contributed by atoms with E-state index in [1.165, 1.54) is 17.3 Å². The average molecular weight is 429 g/mol. The molecule has 0 radical (unpaired) electrons. The van der Waals surface area contributed by atoms with Crippen molar-refractivity contribution >= 4 is 34.6 Å². The Bertz CT molecular complexity index is 1160. The zero-order chi connectivity index (χ0) is 21.8. The Kier molecular flexibility index (Phi) is 6.23. The third-order valence-electron chi connectivity index (χ3n) is 4.94. The second-order valence-corrected chi connectivity index (χ2v) is 8.65. The molecule has 1 heterocycles. The Morgan fingerprint density at radius 2 is 1.65 bits per heavy atom. The van der Waals surface area contributed by atoms with E-state index in [-0.39, 0.29) is 5.91 Å². The van der Waals surface area contributed by atoms with Gasteiger partial charge in [0.2, 0.25) is 0 Å². The molecule has 0 aromatic heterocycles. The maximum Gasteiger partial charge on any atom is 0.264 e. The third kappa shape index (κ3) is 5.44. The number of amidine groups is 1. The van der Waals surface area contributed by atoms with Gasteiger partial charge >= 0.3 is 0 Å². The minimum absolute atomic E-state index is 0.131. The van der Waals surface area contributed by atoms with Gasteiger partial charge in [0.15, 0.2) is 5.17 Å². The van der Waals surface area contributed by atoms with E-state index in [9.17, 15) is 4.79 Å². The van der Waals surface area contributed by atoms with Gasteiger partial charge in [-0.05, 0) is 79.1 Å². The van der Waals surface area contributed by atoms with Crippen LogP contribution in [0.25, 0.3) is 6.08 Å². The minimum Gasteiger partial charge on any atom is -0.489 e. The zero-order valence-corrected chi connectivity index (χ0v) is 18.6. The van der Waals surface area contributed by atoms with Crippen LogP contribution in [0.15, 0.2) is 76.6 Å². The number of benzene rings is 3. The molecule has 0 aliphatic carbocycles. The number of carbonyl (C=O) groups is 1. The van der Waals surface area contributed by atoms with Crippen molar-refractivity contribution in [3.05, 3.63) is 99.5 Å². The first kappa shape index (κ1) is 20.9. The van der Waals surface area contributed by atoms with Gasteiger partial charge < -0.3 is 10.1 Å². The molecule has 3 aromatic rings. The molecule has 5 heteroatoms. The van der Waals surface area contributed by atoms with Gasteiger partial charge in [-0.25, -0.2) is 4.99 Å². The van der Waals surface area contributed by atoms with E-state index in [1.807, 2.05) is 56.3 Å². The molecule has 156 valence electrons. The molecule has 1 amide bonds. The van der Waals surface area contributed by atoms with Gasteiger partial charge in [-0.2, -0.15) is 0 Å². The Balaban J connectivity index is 1.42. The fourth-order valence-electron chi connectivity index (χ4n) is 3.09. The van der Waals surface area contributed by atoms with E-state index in [0.717, 1.165) is 33.7 Å². The molecule has 0 atom stereocenters. The number of nitrogens with zero attached hydrogens (tertiary/aromatic N) is 1. The lowest BCUT2D eigenvalue weighted by Gasteiger charge is -2.07. The van der Waals surface area contributed by atoms with Crippen LogP contribution in [0.3, 0.4) is 0 Å². The normalized spacial score (nSPS) is 16.0. The molecule has 0 saturated carbocycles. The summed E-state index contributed by atoms with van der Waals surface area (Å²) in [5.41, 5.74) is 6.39. The van der Waals surface area contributed by atoms with E-state index in [0.29, 0.717) is 16.7 Å². The van der Waals surface area contributed by atoms with E-state index in [1.54, 1.807) is 0 Å². The molecule has 1 fully saturated rings. The van der Waals surface area contributed by atoms with Gasteiger partial charge in [0.05, 0.1) is 10.6 Å². The Labute approximate surface area is 187 Å². The summed E-state index contributed by atoms with van der Waals surface area (Å²) in [4.78, 5) is 17.6. The van der Waals surface area contributed by atoms with Crippen LogP contribution in [0.5, 0.6) is 5.75 Å². The van der Waals surface area contributed by atoms with Crippen molar-refractivity contribution < 1.29 is 9.53 Å². The van der Waals surface area contributed by atoms with Gasteiger partial charge in [0, 0.05) is 0 Å². The highest BCUT2D eigenvalue weighted by Gasteiger charge is 2.24. The molecule has 1 aliphatic rings. The molecular formula is C26H24N2O2S. The smallest absolute Gasteiger partial charge is 0.264 e. The summed E-state index contributed by atoms with van der Waals surface area (Å²) in [6.45, 7) is 6.64. The number of aliphatic imine (C=N–C) groups is 1. The fraction of sp³-hybridized carbons (Fsp3) is 0.154. The second kappa shape index (κ2) is 9.23. The minimum atomic E-state index is -0.131. The van der Waals surface area contributed by atoms with Crippen LogP contribution in [0.4, 0.5) is 5.69 Å². The van der Waals surface area contributed by atoms with Crippen molar-refractivity contribution in [3.63, 3.8) is 0 Å². The summed E-state index contributed by atoms with van der Waals surface area (Å²) in [6, 6.07) is 22.2. The lowest BCUT2D eigenvalue weighted by atomic mass is 10.1. The molecule has 0 bridgehead atoms. The van der Waals surface area contributed by atoms with Gasteiger partial charge in [0.1, 0.15) is 12.4 Å². The van der Waals surface area contributed by atoms with Gasteiger partial charge in [-0.15, -0.1) is 0 Å². The van der Waals surface area contributed by atoms with Crippen molar-refractivity contribution in [1.82, 2.24) is 5.32 Å². The summed E-state index contributed by atoms with van der Waals surface area (Å²) >= 11 is 1.36. The van der Waals surface area contributed by atoms with E-state index in [2.05, 4.69) is 47.6 Å². The van der Waals surface area contributed by atoms with Crippen molar-refractivity contribution in [2.45, 2.75) is 27.4 Å². The first-order valence-corrected chi connectivity index (χ1v) is 10.9. The molecular weight excluding hydrogens is 404 g/mol. The predicted molar refractivity (Wildman–Crippen MR) is 129 cm³/mol. The molecule has 31 heavy (non-hydrogen) atoms. The van der Waals surface area contributed by atoms with Crippen LogP contribution in [-0.4, -0.2) is 11.1 Å². The van der Waals surface area contributed by atoms with Crippen LogP contribution in [0.1, 0.15) is 27.8 Å². The number of aryl methyl sites for hydroxylation is 3. The first-order valence-electron chi connectivity index (χ1n) is 10.1. The van der Waals surface area contributed by atoms with Crippen LogP contribution in [0, 0.1) is 20.8 Å². The highest BCUT2D eigenvalue weighted by molar-refractivity contribution is 8.18. The van der Waals surface area contributed by atoms with E-state index in [4.69, 9.17) is 4.74 Å². The third-order valence-corrected chi connectivity index (χ3v) is 5.85. The molecule has 0 spiro atoms. The standard InChI is InChI=1S/C26H24N2O2S/c1-17-5-8-21(9-6-17)16-30-22-12-10-20(11-13-22)15-24-25(29)28-26(31-24)27-23-14-18(2)4-7-19(23)3/h4-15H,16H2,1-3H3,(H,27,28,29)/b24-15-. The number of thioether (sulfide) groups is 1. The Morgan fingerprint density at radius 3 is 2.39 bits per heavy atom. The number of ether oxygens (including phenoxy) is 1. The summed E-state index contributed by atoms with van der Waals surface area (Å²) in [6.07, 6.45) is 1.87. The summed E-state index contributed by atoms with van der Waals surface area (Å²) in [5.74, 6) is 0.664. The highest BCUT2D eigenvalue weighted by Crippen LogP contribution is 2.30. The molecule has 4 rings (SSSR count). The Hall–Kier alpha value is -3.31. The summed E-state index contributed by atoms with van der Waals surface area (Å²) in [5, 5.41) is 3.45. The second-order valence-electron chi connectivity index (χ2n) is 7.61. The molecule has 0 unspecified atom stereocenters. The van der Waals surface area contributed by atoms with Gasteiger partial charge in [-0.1, -0.05) is 54.1 Å². The SMILES string of the molecule is Cc1ccc(COc2ccc(/C=C3\SC(=Nc4cc(C)ccc4C)NC3=O)cc2)cc1. The van der Waals surface area contributed by atoms with Crippen molar-refractivity contribution in [3.8, 4) is 5.75 Å². The zero-order valence-electron chi connectivity index (χ0n) is 17.8. The van der Waals surface area contributed by atoms with Crippen LogP contribution in [0.2, 0.25) is 0 Å². The fourth-order valence-corrected chi connectivity index (χ4v) is 3.93. The lowest BCUT2D eigenvalue weighted by Crippen LogP contribution is -2.19. The maximum atomic E-state index is 12.4. The molecule has 4 nitrogen and oxygen atoms in total. The quantitative estimate of drug-likeness (QED) is 0.501. The monoisotopic (exact) mass is 428 g/mol. The molecule has 3 aromatic carbocycles. The molecule has 1 saturated heterocycles. The average Bonchev–Trinajstić information content (AvgIpc) is 3.10. The number of amides is 1. The van der Waals surface area contributed by atoms with E-state index >= 15 is 0 Å². The Morgan fingerprint density at radius 1 is 0.935 bits per heavy atom. The van der Waals surface area contributed by atoms with Crippen molar-refractivity contribution in [1.29, 1.82) is 0 Å². The topological polar surface area (TPSA) is 50.7 Å². The van der Waals surface area contributed by atoms with Gasteiger partial charge in [-0.3, -0.25) is 4.79 Å². The summed E-state index contributed by atoms with van der Waals surface area (Å²) in [7, 11) is 0. The largest absolute Gasteiger partial charge is 0.489 e. The molecule has 1 N–H and O–H groups in total. The summed E-state index contributed by atoms with van der Waals surface area (Å²) < 4.78 is 5.86. The number of carbonyl (C=O) groups excluding carboxylic acids is 1. The number of rotatable bonds is 5. The lowest BCUT2D eigenvalue weighted by molar-refractivity contribution is -0.115.